The summed E-state index contributed by atoms with van der Waals surface area (Å²) in [6.45, 7) is 2.94. The van der Waals surface area contributed by atoms with Gasteiger partial charge in [0.2, 0.25) is 40.1 Å². The molecule has 0 spiro atoms. The van der Waals surface area contributed by atoms with Crippen molar-refractivity contribution in [3.8, 4) is 0 Å². The highest BCUT2D eigenvalue weighted by Gasteiger charge is 2.43. The molecule has 1 aliphatic rings. The van der Waals surface area contributed by atoms with Gasteiger partial charge in [-0.15, -0.1) is 4.31 Å². The van der Waals surface area contributed by atoms with E-state index in [1.807, 2.05) is 0 Å². The summed E-state index contributed by atoms with van der Waals surface area (Å²) < 4.78 is 119. The fourth-order valence-corrected chi connectivity index (χ4v) is 12.7. The number of rotatable bonds is 9. The highest BCUT2D eigenvalue weighted by atomic mass is 32.2. The number of hydrogen-bond acceptors (Lipinski definition) is 10. The zero-order valence-electron chi connectivity index (χ0n) is 34.0. The molecule has 1 atom stereocenters. The van der Waals surface area contributed by atoms with Crippen molar-refractivity contribution in [2.75, 3.05) is 32.7 Å². The van der Waals surface area contributed by atoms with Crippen LogP contribution in [0.2, 0.25) is 0 Å². The van der Waals surface area contributed by atoms with Gasteiger partial charge in [0.1, 0.15) is 0 Å². The smallest absolute Gasteiger partial charge is 0.263 e. The molecule has 15 nitrogen and oxygen atoms in total. The molecular weight excluding hydrogens is 863 g/mol. The molecule has 5 aromatic rings. The highest BCUT2D eigenvalue weighted by molar-refractivity contribution is 7.90. The van der Waals surface area contributed by atoms with Crippen molar-refractivity contribution in [2.24, 2.45) is 0 Å². The molecule has 0 saturated carbocycles. The standard InChI is InChI=1S/C42H47N5O10S4/c1-32-8-16-38(17-9-32)58(50,51)43-24-25-44(59(52,53)39-18-10-33(2)11-19-39)29-36-6-5-7-37(28-36)30-45(60(54,55)40-20-12-34(3)13-21-40)31-42(47(48)49)46(27-26-43)61(56,57)41-22-14-35(4)15-23-41/h5-23,28,42H,24-27,29-31H2,1-4H3. The third-order valence-electron chi connectivity index (χ3n) is 10.4. The Morgan fingerprint density at radius 3 is 1.20 bits per heavy atom. The minimum atomic E-state index is -4.85. The van der Waals surface area contributed by atoms with E-state index in [0.717, 1.165) is 29.6 Å². The molecule has 1 unspecified atom stereocenters. The molecule has 1 heterocycles. The number of benzene rings is 5. The molecule has 2 bridgehead atoms. The maximum atomic E-state index is 14.6. The number of sulfonamides is 4. The van der Waals surface area contributed by atoms with E-state index in [1.165, 1.54) is 60.7 Å². The predicted octanol–water partition coefficient (Wildman–Crippen LogP) is 5.30. The zero-order chi connectivity index (χ0) is 44.3. The first-order chi connectivity index (χ1) is 28.7. The Balaban J connectivity index is 1.57. The molecule has 0 aliphatic carbocycles. The summed E-state index contributed by atoms with van der Waals surface area (Å²) in [6, 6.07) is 29.7. The van der Waals surface area contributed by atoms with Crippen molar-refractivity contribution >= 4 is 40.1 Å². The lowest BCUT2D eigenvalue weighted by Crippen LogP contribution is -2.54. The maximum Gasteiger partial charge on any atom is 0.294 e. The maximum absolute atomic E-state index is 14.6. The van der Waals surface area contributed by atoms with E-state index < -0.39 is 90.5 Å². The summed E-state index contributed by atoms with van der Waals surface area (Å²) in [4.78, 5) is 11.6. The molecule has 0 N–H and O–H groups in total. The van der Waals surface area contributed by atoms with Crippen LogP contribution in [0.3, 0.4) is 0 Å². The van der Waals surface area contributed by atoms with Crippen molar-refractivity contribution in [3.05, 3.63) is 165 Å². The molecule has 19 heteroatoms. The molecule has 1 aliphatic heterocycles. The summed E-state index contributed by atoms with van der Waals surface area (Å²) in [6.07, 6.45) is -2.26. The molecule has 324 valence electrons. The lowest BCUT2D eigenvalue weighted by atomic mass is 10.1. The van der Waals surface area contributed by atoms with Gasteiger partial charge in [-0.25, -0.2) is 33.7 Å². The molecule has 0 saturated heterocycles. The Kier molecular flexibility index (Phi) is 13.7. The van der Waals surface area contributed by atoms with Crippen molar-refractivity contribution < 1.29 is 38.6 Å². The Hall–Kier alpha value is -4.86. The first-order valence-electron chi connectivity index (χ1n) is 19.2. The fourth-order valence-electron chi connectivity index (χ4n) is 6.85. The molecule has 61 heavy (non-hydrogen) atoms. The second kappa shape index (κ2) is 18.2. The molecule has 5 aromatic carbocycles. The Bertz CT molecular complexity index is 2820. The van der Waals surface area contributed by atoms with Crippen molar-refractivity contribution in [2.45, 2.75) is 66.5 Å². The quantitative estimate of drug-likeness (QED) is 0.139. The van der Waals surface area contributed by atoms with Gasteiger partial charge in [0.05, 0.1) is 26.1 Å². The van der Waals surface area contributed by atoms with Crippen LogP contribution in [0, 0.1) is 37.8 Å². The van der Waals surface area contributed by atoms with Gasteiger partial charge in [-0.2, -0.15) is 12.9 Å². The molecular formula is C42H47N5O10S4. The highest BCUT2D eigenvalue weighted by Crippen LogP contribution is 2.28. The average Bonchev–Trinajstić information content (AvgIpc) is 3.21. The van der Waals surface area contributed by atoms with E-state index in [2.05, 4.69) is 0 Å². The third-order valence-corrected chi connectivity index (χ3v) is 17.9. The number of aryl methyl sites for hydroxylation is 4. The first-order valence-corrected chi connectivity index (χ1v) is 25.0. The minimum Gasteiger partial charge on any atom is -0.263 e. The van der Waals surface area contributed by atoms with Crippen LogP contribution in [0.4, 0.5) is 0 Å². The monoisotopic (exact) mass is 909 g/mol. The molecule has 0 radical (unpaired) electrons. The summed E-state index contributed by atoms with van der Waals surface area (Å²) >= 11 is 0. The average molecular weight is 910 g/mol. The van der Waals surface area contributed by atoms with Crippen molar-refractivity contribution in [1.82, 2.24) is 17.2 Å². The molecule has 6 rings (SSSR count). The fraction of sp³-hybridized carbons (Fsp3) is 0.286. The van der Waals surface area contributed by atoms with Gasteiger partial charge in [0.15, 0.2) is 0 Å². The van der Waals surface area contributed by atoms with E-state index in [0.29, 0.717) is 21.0 Å². The Labute approximate surface area is 358 Å². The molecule has 0 fully saturated rings. The summed E-state index contributed by atoms with van der Waals surface area (Å²) in [5.41, 5.74) is 3.75. The van der Waals surface area contributed by atoms with E-state index in [9.17, 15) is 43.8 Å². The van der Waals surface area contributed by atoms with E-state index >= 15 is 0 Å². The van der Waals surface area contributed by atoms with Crippen LogP contribution in [-0.2, 0) is 53.2 Å². The van der Waals surface area contributed by atoms with Gasteiger partial charge >= 0.3 is 0 Å². The Morgan fingerprint density at radius 2 is 0.787 bits per heavy atom. The van der Waals surface area contributed by atoms with Gasteiger partial charge in [-0.05, 0) is 87.4 Å². The van der Waals surface area contributed by atoms with Gasteiger partial charge in [-0.1, -0.05) is 95.1 Å². The molecule has 0 aromatic heterocycles. The SMILES string of the molecule is Cc1ccc(S(=O)(=O)N2CCN(S(=O)(=O)c3ccc(C)cc3)Cc3cccc(c3)CN(S(=O)(=O)c3ccc(C)cc3)CC([N+](=O)[O-])N(S(=O)(=O)c3ccc(C)cc3)CC2)cc1. The van der Waals surface area contributed by atoms with Crippen LogP contribution in [0.5, 0.6) is 0 Å². The van der Waals surface area contributed by atoms with Gasteiger partial charge in [0.25, 0.3) is 6.17 Å². The van der Waals surface area contributed by atoms with Crippen LogP contribution in [0.25, 0.3) is 0 Å². The normalized spacial score (nSPS) is 17.6. The van der Waals surface area contributed by atoms with Crippen molar-refractivity contribution in [1.29, 1.82) is 0 Å². The van der Waals surface area contributed by atoms with Gasteiger partial charge in [-0.3, -0.25) is 10.1 Å². The van der Waals surface area contributed by atoms with Gasteiger partial charge in [0, 0.05) is 44.2 Å². The van der Waals surface area contributed by atoms with Crippen LogP contribution in [0.15, 0.2) is 141 Å². The predicted molar refractivity (Wildman–Crippen MR) is 230 cm³/mol. The van der Waals surface area contributed by atoms with E-state index in [-0.39, 0.29) is 26.1 Å². The summed E-state index contributed by atoms with van der Waals surface area (Å²) in [5, 5.41) is 13.2. The minimum absolute atomic E-state index is 0.0559. The Morgan fingerprint density at radius 1 is 0.459 bits per heavy atom. The number of hydrogen-bond donors (Lipinski definition) is 0. The number of nitro groups is 1. The van der Waals surface area contributed by atoms with Crippen molar-refractivity contribution in [3.63, 3.8) is 0 Å². The second-order valence-corrected chi connectivity index (χ2v) is 22.7. The lowest BCUT2D eigenvalue weighted by molar-refractivity contribution is -0.542. The topological polar surface area (TPSA) is 193 Å². The van der Waals surface area contributed by atoms with E-state index in [4.69, 9.17) is 0 Å². The molecule has 0 amide bonds. The van der Waals surface area contributed by atoms with Gasteiger partial charge < -0.3 is 0 Å². The summed E-state index contributed by atoms with van der Waals surface area (Å²) in [5.74, 6) is 0. The number of nitrogens with zero attached hydrogens (tertiary/aromatic N) is 5. The third kappa shape index (κ3) is 10.3. The van der Waals surface area contributed by atoms with Crippen LogP contribution >= 0.6 is 0 Å². The number of fused-ring (bicyclic) bond motifs is 2. The van der Waals surface area contributed by atoms with Crippen LogP contribution in [0.1, 0.15) is 33.4 Å². The van der Waals surface area contributed by atoms with Crippen LogP contribution in [-0.4, -0.2) is 94.7 Å². The van der Waals surface area contributed by atoms with Crippen LogP contribution < -0.4 is 0 Å². The summed E-state index contributed by atoms with van der Waals surface area (Å²) in [7, 11) is -18.3. The zero-order valence-corrected chi connectivity index (χ0v) is 37.3. The second-order valence-electron chi connectivity index (χ2n) is 15.0. The largest absolute Gasteiger partial charge is 0.294 e. The van der Waals surface area contributed by atoms with E-state index in [1.54, 1.807) is 88.4 Å². The lowest BCUT2D eigenvalue weighted by Gasteiger charge is -2.31. The first kappa shape index (κ1) is 45.7.